The van der Waals surface area contributed by atoms with E-state index in [0.717, 1.165) is 24.0 Å². The number of benzene rings is 2. The van der Waals surface area contributed by atoms with Crippen LogP contribution in [-0.2, 0) is 22.4 Å². The van der Waals surface area contributed by atoms with Crippen molar-refractivity contribution in [2.45, 2.75) is 33.1 Å². The number of carbonyl (C=O) groups is 2. The van der Waals surface area contributed by atoms with E-state index in [1.54, 1.807) is 6.07 Å². The maximum Gasteiger partial charge on any atom is 0.344 e. The van der Waals surface area contributed by atoms with Crippen molar-refractivity contribution in [2.75, 3.05) is 13.2 Å². The zero-order valence-corrected chi connectivity index (χ0v) is 14.6. The van der Waals surface area contributed by atoms with Crippen LogP contribution in [-0.4, -0.2) is 25.0 Å². The minimum Gasteiger partial charge on any atom is -0.482 e. The standard InChI is InChI=1S/C21H22O4/c1-14-6-7-18(10-15(14)2)20(22)12-25-21(23)13-24-19-9-8-16-4-3-5-17(16)11-19/h6-11H,3-5,12-13H2,1-2H3. The van der Waals surface area contributed by atoms with E-state index in [9.17, 15) is 9.59 Å². The molecule has 0 heterocycles. The average molecular weight is 338 g/mol. The van der Waals surface area contributed by atoms with E-state index in [4.69, 9.17) is 9.47 Å². The molecule has 4 nitrogen and oxygen atoms in total. The van der Waals surface area contributed by atoms with Crippen LogP contribution < -0.4 is 4.74 Å². The smallest absolute Gasteiger partial charge is 0.344 e. The van der Waals surface area contributed by atoms with E-state index in [-0.39, 0.29) is 19.0 Å². The lowest BCUT2D eigenvalue weighted by molar-refractivity contribution is -0.144. The molecule has 2 aromatic carbocycles. The van der Waals surface area contributed by atoms with Gasteiger partial charge >= 0.3 is 5.97 Å². The molecule has 0 amide bonds. The third kappa shape index (κ3) is 4.27. The number of rotatable bonds is 6. The quantitative estimate of drug-likeness (QED) is 0.596. The number of hydrogen-bond donors (Lipinski definition) is 0. The molecule has 0 unspecified atom stereocenters. The van der Waals surface area contributed by atoms with Gasteiger partial charge in [-0.1, -0.05) is 18.2 Å². The van der Waals surface area contributed by atoms with Gasteiger partial charge in [-0.05, 0) is 73.6 Å². The lowest BCUT2D eigenvalue weighted by atomic mass is 10.0. The van der Waals surface area contributed by atoms with Gasteiger partial charge in [0.1, 0.15) is 5.75 Å². The lowest BCUT2D eigenvalue weighted by Gasteiger charge is -2.09. The van der Waals surface area contributed by atoms with Crippen molar-refractivity contribution in [1.82, 2.24) is 0 Å². The second-order valence-corrected chi connectivity index (χ2v) is 6.46. The van der Waals surface area contributed by atoms with Crippen molar-refractivity contribution >= 4 is 11.8 Å². The number of ketones is 1. The number of aryl methyl sites for hydroxylation is 4. The molecule has 0 aromatic heterocycles. The summed E-state index contributed by atoms with van der Waals surface area (Å²) in [6.45, 7) is 3.47. The van der Waals surface area contributed by atoms with Gasteiger partial charge in [0.15, 0.2) is 19.0 Å². The molecule has 0 aliphatic heterocycles. The highest BCUT2D eigenvalue weighted by Crippen LogP contribution is 2.25. The topological polar surface area (TPSA) is 52.6 Å². The summed E-state index contributed by atoms with van der Waals surface area (Å²) in [6, 6.07) is 11.4. The first kappa shape index (κ1) is 17.2. The largest absolute Gasteiger partial charge is 0.482 e. The Hall–Kier alpha value is -2.62. The zero-order valence-electron chi connectivity index (χ0n) is 14.6. The molecule has 1 aliphatic rings. The molecule has 3 rings (SSSR count). The summed E-state index contributed by atoms with van der Waals surface area (Å²) in [5.41, 5.74) is 5.36. The fourth-order valence-electron chi connectivity index (χ4n) is 2.97. The lowest BCUT2D eigenvalue weighted by Crippen LogP contribution is -2.19. The number of hydrogen-bond acceptors (Lipinski definition) is 4. The van der Waals surface area contributed by atoms with Gasteiger partial charge in [0.2, 0.25) is 0 Å². The van der Waals surface area contributed by atoms with Gasteiger partial charge in [0.25, 0.3) is 0 Å². The Labute approximate surface area is 147 Å². The Bertz CT molecular complexity index is 808. The van der Waals surface area contributed by atoms with Gasteiger partial charge in [0, 0.05) is 5.56 Å². The Balaban J connectivity index is 1.47. The van der Waals surface area contributed by atoms with Crippen molar-refractivity contribution < 1.29 is 19.1 Å². The molecule has 0 fully saturated rings. The first-order valence-electron chi connectivity index (χ1n) is 8.53. The Morgan fingerprint density at radius 2 is 1.72 bits per heavy atom. The van der Waals surface area contributed by atoms with E-state index in [1.165, 1.54) is 17.5 Å². The SMILES string of the molecule is Cc1ccc(C(=O)COC(=O)COc2ccc3c(c2)CCC3)cc1C. The molecule has 0 N–H and O–H groups in total. The van der Waals surface area contributed by atoms with Crippen molar-refractivity contribution in [1.29, 1.82) is 0 Å². The number of carbonyl (C=O) groups excluding carboxylic acids is 2. The summed E-state index contributed by atoms with van der Waals surface area (Å²) >= 11 is 0. The summed E-state index contributed by atoms with van der Waals surface area (Å²) in [5, 5.41) is 0. The molecule has 0 atom stereocenters. The Morgan fingerprint density at radius 1 is 0.920 bits per heavy atom. The zero-order chi connectivity index (χ0) is 17.8. The fourth-order valence-corrected chi connectivity index (χ4v) is 2.97. The molecule has 130 valence electrons. The predicted molar refractivity (Wildman–Crippen MR) is 95.2 cm³/mol. The normalized spacial score (nSPS) is 12.6. The van der Waals surface area contributed by atoms with Gasteiger partial charge in [-0.3, -0.25) is 4.79 Å². The first-order chi connectivity index (χ1) is 12.0. The number of ether oxygens (including phenoxy) is 2. The Morgan fingerprint density at radius 3 is 2.52 bits per heavy atom. The van der Waals surface area contributed by atoms with Crippen LogP contribution in [0.2, 0.25) is 0 Å². The molecule has 0 saturated heterocycles. The van der Waals surface area contributed by atoms with Gasteiger partial charge in [-0.2, -0.15) is 0 Å². The second kappa shape index (κ2) is 7.51. The van der Waals surface area contributed by atoms with Gasteiger partial charge in [-0.25, -0.2) is 4.79 Å². The highest BCUT2D eigenvalue weighted by Gasteiger charge is 2.13. The third-order valence-electron chi connectivity index (χ3n) is 4.62. The summed E-state index contributed by atoms with van der Waals surface area (Å²) in [4.78, 5) is 23.9. The van der Waals surface area contributed by atoms with Crippen LogP contribution in [0.4, 0.5) is 0 Å². The van der Waals surface area contributed by atoms with Gasteiger partial charge < -0.3 is 9.47 Å². The maximum atomic E-state index is 12.1. The van der Waals surface area contributed by atoms with Crippen LogP contribution in [0.1, 0.15) is 39.0 Å². The highest BCUT2D eigenvalue weighted by molar-refractivity contribution is 5.98. The molecule has 4 heteroatoms. The van der Waals surface area contributed by atoms with E-state index < -0.39 is 5.97 Å². The summed E-state index contributed by atoms with van der Waals surface area (Å²) in [7, 11) is 0. The molecule has 0 saturated carbocycles. The van der Waals surface area contributed by atoms with Crippen LogP contribution in [0.25, 0.3) is 0 Å². The summed E-state index contributed by atoms with van der Waals surface area (Å²) in [6.07, 6.45) is 3.33. The van der Waals surface area contributed by atoms with Gasteiger partial charge in [0.05, 0.1) is 0 Å². The minimum atomic E-state index is -0.544. The predicted octanol–water partition coefficient (Wildman–Crippen LogP) is 3.60. The van der Waals surface area contributed by atoms with E-state index in [0.29, 0.717) is 11.3 Å². The van der Waals surface area contributed by atoms with Crippen LogP contribution in [0, 0.1) is 13.8 Å². The van der Waals surface area contributed by atoms with Crippen molar-refractivity contribution in [3.8, 4) is 5.75 Å². The molecular weight excluding hydrogens is 316 g/mol. The molecule has 25 heavy (non-hydrogen) atoms. The number of fused-ring (bicyclic) bond motifs is 1. The van der Waals surface area contributed by atoms with Crippen molar-refractivity contribution in [2.24, 2.45) is 0 Å². The van der Waals surface area contributed by atoms with E-state index in [1.807, 2.05) is 44.2 Å². The number of Topliss-reactive ketones (excluding diaryl/α,β-unsaturated/α-hetero) is 1. The maximum absolute atomic E-state index is 12.1. The summed E-state index contributed by atoms with van der Waals surface area (Å²) in [5.74, 6) is -0.0928. The highest BCUT2D eigenvalue weighted by atomic mass is 16.6. The molecule has 0 radical (unpaired) electrons. The second-order valence-electron chi connectivity index (χ2n) is 6.46. The van der Waals surface area contributed by atoms with Crippen LogP contribution in [0.15, 0.2) is 36.4 Å². The average Bonchev–Trinajstić information content (AvgIpc) is 3.08. The molecule has 1 aliphatic carbocycles. The first-order valence-corrected chi connectivity index (χ1v) is 8.53. The molecule has 0 spiro atoms. The monoisotopic (exact) mass is 338 g/mol. The molecule has 0 bridgehead atoms. The van der Waals surface area contributed by atoms with Crippen LogP contribution in [0.5, 0.6) is 5.75 Å². The van der Waals surface area contributed by atoms with Gasteiger partial charge in [-0.15, -0.1) is 0 Å². The van der Waals surface area contributed by atoms with E-state index >= 15 is 0 Å². The molecule has 2 aromatic rings. The fraction of sp³-hybridized carbons (Fsp3) is 0.333. The van der Waals surface area contributed by atoms with Crippen molar-refractivity contribution in [3.63, 3.8) is 0 Å². The Kier molecular flexibility index (Phi) is 5.17. The van der Waals surface area contributed by atoms with Crippen molar-refractivity contribution in [3.05, 3.63) is 64.2 Å². The summed E-state index contributed by atoms with van der Waals surface area (Å²) < 4.78 is 10.5. The van der Waals surface area contributed by atoms with Crippen LogP contribution in [0.3, 0.4) is 0 Å². The molecular formula is C21H22O4. The third-order valence-corrected chi connectivity index (χ3v) is 4.62. The minimum absolute atomic E-state index is 0.195. The van der Waals surface area contributed by atoms with Crippen LogP contribution >= 0.6 is 0 Å². The number of esters is 1. The van der Waals surface area contributed by atoms with E-state index in [2.05, 4.69) is 0 Å².